The van der Waals surface area contributed by atoms with Gasteiger partial charge in [0.2, 0.25) is 5.89 Å². The van der Waals surface area contributed by atoms with E-state index in [0.29, 0.717) is 23.1 Å². The number of nitrogens with zero attached hydrogens (tertiary/aromatic N) is 3. The highest BCUT2D eigenvalue weighted by atomic mass is 32.2. The minimum absolute atomic E-state index is 0.565. The monoisotopic (exact) mass is 307 g/mol. The van der Waals surface area contributed by atoms with Crippen LogP contribution >= 0.6 is 11.8 Å². The van der Waals surface area contributed by atoms with Crippen LogP contribution < -0.4 is 0 Å². The van der Waals surface area contributed by atoms with E-state index in [1.165, 1.54) is 11.8 Å². The highest BCUT2D eigenvalue weighted by Gasteiger charge is 2.07. The van der Waals surface area contributed by atoms with Crippen molar-refractivity contribution in [2.75, 3.05) is 0 Å². The predicted octanol–water partition coefficient (Wildman–Crippen LogP) is 3.82. The van der Waals surface area contributed by atoms with E-state index >= 15 is 0 Å². The summed E-state index contributed by atoms with van der Waals surface area (Å²) >= 11 is 1.50. The van der Waals surface area contributed by atoms with Crippen LogP contribution in [-0.2, 0) is 12.2 Å². The van der Waals surface area contributed by atoms with Crippen LogP contribution in [-0.4, -0.2) is 10.2 Å². The number of benzene rings is 2. The first-order valence-electron chi connectivity index (χ1n) is 6.81. The lowest BCUT2D eigenvalue weighted by atomic mass is 10.2. The van der Waals surface area contributed by atoms with E-state index in [1.54, 1.807) is 0 Å². The van der Waals surface area contributed by atoms with Gasteiger partial charge in [0.15, 0.2) is 0 Å². The summed E-state index contributed by atoms with van der Waals surface area (Å²) in [6, 6.07) is 19.6. The molecule has 0 aliphatic heterocycles. The molecule has 108 valence electrons. The van der Waals surface area contributed by atoms with Crippen molar-refractivity contribution in [1.29, 1.82) is 5.26 Å². The van der Waals surface area contributed by atoms with Crippen molar-refractivity contribution in [2.24, 2.45) is 0 Å². The minimum Gasteiger partial charge on any atom is -0.416 e. The van der Waals surface area contributed by atoms with Gasteiger partial charge in [0, 0.05) is 5.75 Å². The summed E-state index contributed by atoms with van der Waals surface area (Å²) in [6.07, 6.45) is 0.644. The van der Waals surface area contributed by atoms with Gasteiger partial charge in [-0.3, -0.25) is 0 Å². The molecule has 0 saturated heterocycles. The summed E-state index contributed by atoms with van der Waals surface area (Å²) in [7, 11) is 0. The molecule has 22 heavy (non-hydrogen) atoms. The normalized spacial score (nSPS) is 10.3. The molecule has 0 atom stereocenters. The molecule has 0 amide bonds. The van der Waals surface area contributed by atoms with Crippen LogP contribution in [0.15, 0.2) is 64.2 Å². The fourth-order valence-electron chi connectivity index (χ4n) is 1.96. The maximum atomic E-state index is 8.77. The van der Waals surface area contributed by atoms with Crippen LogP contribution in [0.3, 0.4) is 0 Å². The Morgan fingerprint density at radius 1 is 0.955 bits per heavy atom. The molecule has 0 N–H and O–H groups in total. The lowest BCUT2D eigenvalue weighted by molar-refractivity contribution is 0.420. The summed E-state index contributed by atoms with van der Waals surface area (Å²) in [5.41, 5.74) is 2.93. The van der Waals surface area contributed by atoms with Crippen LogP contribution in [0.25, 0.3) is 0 Å². The number of hydrogen-bond donors (Lipinski definition) is 0. The van der Waals surface area contributed by atoms with E-state index in [-0.39, 0.29) is 0 Å². The molecule has 3 rings (SSSR count). The second kappa shape index (κ2) is 6.92. The average Bonchev–Trinajstić information content (AvgIpc) is 3.02. The molecule has 0 bridgehead atoms. The lowest BCUT2D eigenvalue weighted by Gasteiger charge is -1.98. The fraction of sp³-hybridized carbons (Fsp3) is 0.118. The summed E-state index contributed by atoms with van der Waals surface area (Å²) < 4.78 is 5.64. The molecule has 1 aromatic heterocycles. The third kappa shape index (κ3) is 3.74. The fourth-order valence-corrected chi connectivity index (χ4v) is 2.70. The Balaban J connectivity index is 1.58. The van der Waals surface area contributed by atoms with Crippen LogP contribution in [0, 0.1) is 11.3 Å². The number of rotatable bonds is 5. The number of thioether (sulfide) groups is 1. The second-order valence-electron chi connectivity index (χ2n) is 4.72. The van der Waals surface area contributed by atoms with Gasteiger partial charge in [0.05, 0.1) is 18.1 Å². The van der Waals surface area contributed by atoms with Gasteiger partial charge in [-0.15, -0.1) is 10.2 Å². The average molecular weight is 307 g/mol. The lowest BCUT2D eigenvalue weighted by Crippen LogP contribution is -1.87. The van der Waals surface area contributed by atoms with Gasteiger partial charge < -0.3 is 4.42 Å². The van der Waals surface area contributed by atoms with E-state index in [0.717, 1.165) is 16.9 Å². The molecule has 0 fully saturated rings. The zero-order valence-electron chi connectivity index (χ0n) is 11.8. The zero-order chi connectivity index (χ0) is 15.2. The minimum atomic E-state index is 0.565. The molecule has 2 aromatic carbocycles. The summed E-state index contributed by atoms with van der Waals surface area (Å²) in [4.78, 5) is 0. The Morgan fingerprint density at radius 3 is 2.45 bits per heavy atom. The summed E-state index contributed by atoms with van der Waals surface area (Å²) in [5.74, 6) is 1.35. The van der Waals surface area contributed by atoms with Crippen LogP contribution in [0.1, 0.15) is 22.6 Å². The molecule has 0 spiro atoms. The van der Waals surface area contributed by atoms with E-state index < -0.39 is 0 Å². The molecular weight excluding hydrogens is 294 g/mol. The maximum Gasteiger partial charge on any atom is 0.276 e. The summed E-state index contributed by atoms with van der Waals surface area (Å²) in [5, 5.41) is 17.5. The van der Waals surface area contributed by atoms with Crippen molar-refractivity contribution in [2.45, 2.75) is 17.4 Å². The smallest absolute Gasteiger partial charge is 0.276 e. The molecular formula is C17H13N3OS. The topological polar surface area (TPSA) is 62.7 Å². The molecule has 0 aliphatic rings. The molecule has 0 aliphatic carbocycles. The van der Waals surface area contributed by atoms with Gasteiger partial charge in [-0.1, -0.05) is 54.2 Å². The number of aromatic nitrogens is 2. The maximum absolute atomic E-state index is 8.77. The third-order valence-electron chi connectivity index (χ3n) is 3.09. The van der Waals surface area contributed by atoms with Gasteiger partial charge in [0.25, 0.3) is 5.22 Å². The highest BCUT2D eigenvalue weighted by Crippen LogP contribution is 2.22. The van der Waals surface area contributed by atoms with Crippen molar-refractivity contribution in [3.63, 3.8) is 0 Å². The predicted molar refractivity (Wildman–Crippen MR) is 84.3 cm³/mol. The molecule has 0 unspecified atom stereocenters. The Bertz CT molecular complexity index is 776. The molecule has 0 saturated carbocycles. The van der Waals surface area contributed by atoms with Crippen molar-refractivity contribution >= 4 is 11.8 Å². The Kier molecular flexibility index (Phi) is 4.52. The van der Waals surface area contributed by atoms with E-state index in [2.05, 4.69) is 16.3 Å². The first kappa shape index (κ1) is 14.4. The number of nitriles is 1. The van der Waals surface area contributed by atoms with Gasteiger partial charge in [-0.25, -0.2) is 0 Å². The first-order chi connectivity index (χ1) is 10.8. The van der Waals surface area contributed by atoms with Crippen molar-refractivity contribution < 1.29 is 4.42 Å². The van der Waals surface area contributed by atoms with E-state index in [1.807, 2.05) is 54.6 Å². The Hall–Kier alpha value is -2.58. The van der Waals surface area contributed by atoms with Crippen LogP contribution in [0.5, 0.6) is 0 Å². The summed E-state index contributed by atoms with van der Waals surface area (Å²) in [6.45, 7) is 0. The zero-order valence-corrected chi connectivity index (χ0v) is 12.6. The van der Waals surface area contributed by atoms with Crippen molar-refractivity contribution in [3.8, 4) is 6.07 Å². The van der Waals surface area contributed by atoms with E-state index in [4.69, 9.17) is 9.68 Å². The van der Waals surface area contributed by atoms with Crippen molar-refractivity contribution in [3.05, 3.63) is 77.2 Å². The van der Waals surface area contributed by atoms with Crippen LogP contribution in [0.4, 0.5) is 0 Å². The quantitative estimate of drug-likeness (QED) is 0.670. The third-order valence-corrected chi connectivity index (χ3v) is 3.98. The van der Waals surface area contributed by atoms with Gasteiger partial charge >= 0.3 is 0 Å². The van der Waals surface area contributed by atoms with Gasteiger partial charge in [0.1, 0.15) is 0 Å². The molecule has 0 radical (unpaired) electrons. The highest BCUT2D eigenvalue weighted by molar-refractivity contribution is 7.98. The SMILES string of the molecule is N#Cc1ccc(CSc2nnc(Cc3ccccc3)o2)cc1. The molecule has 3 aromatic rings. The number of hydrogen-bond acceptors (Lipinski definition) is 5. The molecule has 1 heterocycles. The Labute approximate surface area is 132 Å². The largest absolute Gasteiger partial charge is 0.416 e. The Morgan fingerprint density at radius 2 is 1.73 bits per heavy atom. The van der Waals surface area contributed by atoms with Gasteiger partial charge in [-0.05, 0) is 23.3 Å². The van der Waals surface area contributed by atoms with Crippen molar-refractivity contribution in [1.82, 2.24) is 10.2 Å². The van der Waals surface area contributed by atoms with Crippen LogP contribution in [0.2, 0.25) is 0 Å². The van der Waals surface area contributed by atoms with Gasteiger partial charge in [-0.2, -0.15) is 5.26 Å². The van der Waals surface area contributed by atoms with E-state index in [9.17, 15) is 0 Å². The molecule has 5 heteroatoms. The standard InChI is InChI=1S/C17H13N3OS/c18-11-14-6-8-15(9-7-14)12-22-17-20-19-16(21-17)10-13-4-2-1-3-5-13/h1-9H,10,12H2. The first-order valence-corrected chi connectivity index (χ1v) is 7.80. The second-order valence-corrected chi connectivity index (χ2v) is 5.65. The molecule has 4 nitrogen and oxygen atoms in total.